The summed E-state index contributed by atoms with van der Waals surface area (Å²) in [6.07, 6.45) is 6.19. The van der Waals surface area contributed by atoms with Gasteiger partial charge in [0.25, 0.3) is 0 Å². The number of nitrogens with zero attached hydrogens (tertiary/aromatic N) is 4. The summed E-state index contributed by atoms with van der Waals surface area (Å²) in [4.78, 5) is 4.94. The van der Waals surface area contributed by atoms with E-state index in [1.807, 2.05) is 12.3 Å². The van der Waals surface area contributed by atoms with Gasteiger partial charge >= 0.3 is 0 Å². The minimum atomic E-state index is -0.532. The van der Waals surface area contributed by atoms with Crippen molar-refractivity contribution in [3.05, 3.63) is 12.4 Å². The zero-order valence-corrected chi connectivity index (χ0v) is 5.10. The first-order chi connectivity index (χ1) is 4.88. The lowest BCUT2D eigenvalue weighted by atomic mass is 10.3. The van der Waals surface area contributed by atoms with Crippen molar-refractivity contribution < 1.29 is 0 Å². The van der Waals surface area contributed by atoms with Crippen LogP contribution < -0.4 is 0 Å². The van der Waals surface area contributed by atoms with Crippen molar-refractivity contribution in [1.29, 1.82) is 10.5 Å². The number of hydrogen-bond acceptors (Lipinski definition) is 4. The normalized spacial score (nSPS) is 21.8. The zero-order valence-electron chi connectivity index (χ0n) is 5.10. The molecule has 0 aromatic rings. The van der Waals surface area contributed by atoms with Crippen molar-refractivity contribution in [1.82, 2.24) is 4.90 Å². The molecule has 1 unspecified atom stereocenters. The van der Waals surface area contributed by atoms with E-state index in [9.17, 15) is 0 Å². The van der Waals surface area contributed by atoms with Crippen molar-refractivity contribution >= 4 is 6.21 Å². The molecule has 4 nitrogen and oxygen atoms in total. The van der Waals surface area contributed by atoms with Gasteiger partial charge < -0.3 is 0 Å². The van der Waals surface area contributed by atoms with Crippen LogP contribution in [-0.2, 0) is 0 Å². The Bertz CT molecular complexity index is 224. The lowest BCUT2D eigenvalue weighted by Crippen LogP contribution is -2.27. The summed E-state index contributed by atoms with van der Waals surface area (Å²) in [6.45, 7) is 0. The van der Waals surface area contributed by atoms with Crippen LogP contribution in [-0.4, -0.2) is 17.2 Å². The smallest absolute Gasteiger partial charge is 0.185 e. The van der Waals surface area contributed by atoms with E-state index >= 15 is 0 Å². The number of aliphatic imine (C=N–C) groups is 1. The molecular weight excluding hydrogens is 128 g/mol. The summed E-state index contributed by atoms with van der Waals surface area (Å²) in [5.41, 5.74) is 0. The molecule has 0 spiro atoms. The van der Waals surface area contributed by atoms with Gasteiger partial charge in [0.15, 0.2) is 12.2 Å². The van der Waals surface area contributed by atoms with Gasteiger partial charge in [0.1, 0.15) is 0 Å². The van der Waals surface area contributed by atoms with E-state index in [0.29, 0.717) is 0 Å². The van der Waals surface area contributed by atoms with Crippen LogP contribution in [0.5, 0.6) is 0 Å². The molecule has 0 radical (unpaired) electrons. The third-order valence-electron chi connectivity index (χ3n) is 1.09. The molecule has 10 heavy (non-hydrogen) atoms. The Morgan fingerprint density at radius 2 is 2.30 bits per heavy atom. The molecule has 48 valence electrons. The third-order valence-corrected chi connectivity index (χ3v) is 1.09. The van der Waals surface area contributed by atoms with Crippen LogP contribution >= 0.6 is 0 Å². The summed E-state index contributed by atoms with van der Waals surface area (Å²) in [5, 5.41) is 16.8. The molecule has 0 saturated carbocycles. The minimum absolute atomic E-state index is 0.532. The maximum absolute atomic E-state index is 8.42. The van der Waals surface area contributed by atoms with Crippen LogP contribution in [0.3, 0.4) is 0 Å². The Hall–Kier alpha value is -1.81. The Balaban J connectivity index is 2.78. The quantitative estimate of drug-likeness (QED) is 0.443. The van der Waals surface area contributed by atoms with E-state index in [2.05, 4.69) is 4.99 Å². The highest BCUT2D eigenvalue weighted by Gasteiger charge is 2.12. The standard InChI is InChI=1S/C6H4N4/c7-3-6-4-9-1-2-10(6)5-8/h1-2,4,6H. The first kappa shape index (κ1) is 6.31. The molecule has 0 fully saturated rings. The average molecular weight is 132 g/mol. The molecule has 1 aliphatic rings. The first-order valence-electron chi connectivity index (χ1n) is 2.66. The molecule has 0 N–H and O–H groups in total. The fraction of sp³-hybridized carbons (Fsp3) is 0.167. The summed E-state index contributed by atoms with van der Waals surface area (Å²) in [6, 6.07) is 1.38. The van der Waals surface area contributed by atoms with Gasteiger partial charge in [-0.05, 0) is 0 Å². The number of hydrogen-bond donors (Lipinski definition) is 0. The summed E-state index contributed by atoms with van der Waals surface area (Å²) in [5.74, 6) is 0. The monoisotopic (exact) mass is 132 g/mol. The second-order valence-electron chi connectivity index (χ2n) is 1.68. The molecule has 1 heterocycles. The van der Waals surface area contributed by atoms with Crippen molar-refractivity contribution in [3.8, 4) is 12.3 Å². The lowest BCUT2D eigenvalue weighted by molar-refractivity contribution is 0.532. The Morgan fingerprint density at radius 1 is 1.50 bits per heavy atom. The number of nitriles is 2. The number of rotatable bonds is 0. The van der Waals surface area contributed by atoms with Gasteiger partial charge in [-0.3, -0.25) is 9.89 Å². The predicted molar refractivity (Wildman–Crippen MR) is 34.5 cm³/mol. The highest BCUT2D eigenvalue weighted by atomic mass is 15.1. The molecule has 0 amide bonds. The van der Waals surface area contributed by atoms with Gasteiger partial charge in [0.2, 0.25) is 0 Å². The van der Waals surface area contributed by atoms with Crippen molar-refractivity contribution in [3.63, 3.8) is 0 Å². The topological polar surface area (TPSA) is 63.2 Å². The third kappa shape index (κ3) is 0.958. The van der Waals surface area contributed by atoms with Crippen molar-refractivity contribution in [2.24, 2.45) is 4.99 Å². The van der Waals surface area contributed by atoms with Gasteiger partial charge in [-0.25, -0.2) is 0 Å². The molecule has 1 atom stereocenters. The minimum Gasteiger partial charge on any atom is -0.264 e. The molecule has 1 rings (SSSR count). The van der Waals surface area contributed by atoms with E-state index < -0.39 is 6.04 Å². The second kappa shape index (κ2) is 2.65. The van der Waals surface area contributed by atoms with E-state index in [-0.39, 0.29) is 0 Å². The van der Waals surface area contributed by atoms with Gasteiger partial charge in [-0.1, -0.05) is 0 Å². The van der Waals surface area contributed by atoms with Crippen LogP contribution in [0, 0.1) is 22.8 Å². The molecule has 0 aromatic heterocycles. The van der Waals surface area contributed by atoms with Crippen LogP contribution in [0.2, 0.25) is 0 Å². The van der Waals surface area contributed by atoms with E-state index in [4.69, 9.17) is 10.5 Å². The molecule has 0 bridgehead atoms. The highest BCUT2D eigenvalue weighted by Crippen LogP contribution is 2.00. The zero-order chi connectivity index (χ0) is 7.40. The van der Waals surface area contributed by atoms with E-state index in [1.54, 1.807) is 0 Å². The van der Waals surface area contributed by atoms with E-state index in [0.717, 1.165) is 0 Å². The fourth-order valence-electron chi connectivity index (χ4n) is 0.597. The maximum atomic E-state index is 8.42. The Kier molecular flexibility index (Phi) is 1.67. The lowest BCUT2D eigenvalue weighted by Gasteiger charge is -2.14. The van der Waals surface area contributed by atoms with Gasteiger partial charge in [0, 0.05) is 18.6 Å². The highest BCUT2D eigenvalue weighted by molar-refractivity contribution is 5.70. The fourth-order valence-corrected chi connectivity index (χ4v) is 0.597. The van der Waals surface area contributed by atoms with Gasteiger partial charge in [-0.2, -0.15) is 10.5 Å². The molecule has 0 aromatic carbocycles. The van der Waals surface area contributed by atoms with Crippen LogP contribution in [0.1, 0.15) is 0 Å². The maximum Gasteiger partial charge on any atom is 0.185 e. The first-order valence-corrected chi connectivity index (χ1v) is 2.66. The van der Waals surface area contributed by atoms with Gasteiger partial charge in [0.05, 0.1) is 6.07 Å². The summed E-state index contributed by atoms with van der Waals surface area (Å²) in [7, 11) is 0. The summed E-state index contributed by atoms with van der Waals surface area (Å²) >= 11 is 0. The largest absolute Gasteiger partial charge is 0.264 e. The molecule has 0 aliphatic carbocycles. The van der Waals surface area contributed by atoms with Gasteiger partial charge in [-0.15, -0.1) is 0 Å². The SMILES string of the molecule is N#CC1C=NC=CN1C#N. The Labute approximate surface area is 58.3 Å². The van der Waals surface area contributed by atoms with Crippen LogP contribution in [0.4, 0.5) is 0 Å². The molecule has 0 saturated heterocycles. The van der Waals surface area contributed by atoms with Crippen LogP contribution in [0.25, 0.3) is 0 Å². The predicted octanol–water partition coefficient (Wildman–Crippen LogP) is 0.217. The van der Waals surface area contributed by atoms with Crippen LogP contribution in [0.15, 0.2) is 17.4 Å². The molecule has 1 aliphatic heterocycles. The van der Waals surface area contributed by atoms with Crippen molar-refractivity contribution in [2.75, 3.05) is 0 Å². The average Bonchev–Trinajstić information content (AvgIpc) is 2.04. The summed E-state index contributed by atoms with van der Waals surface area (Å²) < 4.78 is 0. The Morgan fingerprint density at radius 3 is 2.80 bits per heavy atom. The van der Waals surface area contributed by atoms with Crippen molar-refractivity contribution in [2.45, 2.75) is 6.04 Å². The van der Waals surface area contributed by atoms with E-state index in [1.165, 1.54) is 23.5 Å². The molecule has 4 heteroatoms. The molecular formula is C6H4N4. The second-order valence-corrected chi connectivity index (χ2v) is 1.68.